The topological polar surface area (TPSA) is 78.4 Å². The third-order valence-corrected chi connectivity index (χ3v) is 1.79. The Bertz CT molecular complexity index is 191. The maximum atomic E-state index is 9.35. The summed E-state index contributed by atoms with van der Waals surface area (Å²) < 4.78 is 15.2. The Labute approximate surface area is 115 Å². The van der Waals surface area contributed by atoms with Crippen LogP contribution in [-0.2, 0) is 24.0 Å². The van der Waals surface area contributed by atoms with E-state index in [2.05, 4.69) is 5.32 Å². The van der Waals surface area contributed by atoms with Gasteiger partial charge < -0.3 is 19.3 Å². The maximum absolute atomic E-state index is 9.35. The lowest BCUT2D eigenvalue weighted by molar-refractivity contribution is -0.345. The number of aliphatic hydroxyl groups is 1. The molecule has 0 fully saturated rings. The van der Waals surface area contributed by atoms with Gasteiger partial charge in [0.1, 0.15) is 6.79 Å². The third kappa shape index (κ3) is 15.7. The summed E-state index contributed by atoms with van der Waals surface area (Å²) in [6, 6.07) is 0. The molecule has 1 unspecified atom stereocenters. The van der Waals surface area contributed by atoms with Gasteiger partial charge in [-0.15, -0.1) is 0 Å². The number of hydrogen-bond donors (Lipinski definition) is 2. The predicted molar refractivity (Wildman–Crippen MR) is 68.9 cm³/mol. The van der Waals surface area contributed by atoms with Gasteiger partial charge in [0.25, 0.3) is 0 Å². The normalized spacial score (nSPS) is 13.4. The molecular weight excluding hydrogens is 254 g/mol. The summed E-state index contributed by atoms with van der Waals surface area (Å²) in [7, 11) is 0. The Kier molecular flexibility index (Phi) is 12.6. The lowest BCUT2D eigenvalue weighted by Crippen LogP contribution is -2.35. The van der Waals surface area contributed by atoms with Crippen molar-refractivity contribution in [2.24, 2.45) is 5.92 Å². The monoisotopic (exact) mass is 281 g/mol. The number of aliphatic hydroxyl groups excluding tert-OH is 1. The van der Waals surface area contributed by atoms with Crippen LogP contribution in [0.3, 0.4) is 0 Å². The molecule has 1 atom stereocenters. The Hall–Kier alpha value is -0.280. The van der Waals surface area contributed by atoms with E-state index in [9.17, 15) is 5.11 Å². The summed E-state index contributed by atoms with van der Waals surface area (Å²) >= 11 is 0. The van der Waals surface area contributed by atoms with E-state index in [1.165, 1.54) is 0 Å². The molecule has 0 heterocycles. The zero-order chi connectivity index (χ0) is 14.5. The third-order valence-electron chi connectivity index (χ3n) is 1.79. The largest absolute Gasteiger partial charge is 0.356 e. The average molecular weight is 281 g/mol. The van der Waals surface area contributed by atoms with Crippen LogP contribution >= 0.6 is 0 Å². The molecule has 7 heteroatoms. The minimum absolute atomic E-state index is 0.000870. The first-order chi connectivity index (χ1) is 9.02. The van der Waals surface area contributed by atoms with Crippen LogP contribution in [-0.4, -0.2) is 51.0 Å². The molecule has 0 saturated carbocycles. The van der Waals surface area contributed by atoms with Crippen LogP contribution in [0.4, 0.5) is 0 Å². The standard InChI is InChI=1S/C12H27NO6/c1-10(2)7-16-12(14)13-5-6-18-19-9-15-8-17-11(3)4/h10-14H,5-9H2,1-4H3. The van der Waals surface area contributed by atoms with Gasteiger partial charge in [-0.3, -0.25) is 5.32 Å². The molecule has 0 bridgehead atoms. The second kappa shape index (κ2) is 12.7. The highest BCUT2D eigenvalue weighted by atomic mass is 17.2. The van der Waals surface area contributed by atoms with Crippen molar-refractivity contribution >= 4 is 0 Å². The molecule has 0 aliphatic carbocycles. The van der Waals surface area contributed by atoms with E-state index >= 15 is 0 Å². The first-order valence-corrected chi connectivity index (χ1v) is 6.49. The Morgan fingerprint density at radius 2 is 1.74 bits per heavy atom. The summed E-state index contributed by atoms with van der Waals surface area (Å²) in [6.45, 7) is 9.19. The lowest BCUT2D eigenvalue weighted by Gasteiger charge is -2.14. The number of rotatable bonds is 13. The van der Waals surface area contributed by atoms with E-state index in [-0.39, 0.29) is 26.3 Å². The Balaban J connectivity index is 3.13. The summed E-state index contributed by atoms with van der Waals surface area (Å²) in [5.41, 5.74) is 0. The first-order valence-electron chi connectivity index (χ1n) is 6.49. The van der Waals surface area contributed by atoms with Crippen molar-refractivity contribution in [1.29, 1.82) is 0 Å². The van der Waals surface area contributed by atoms with Gasteiger partial charge in [-0.1, -0.05) is 13.8 Å². The molecule has 0 saturated heterocycles. The molecule has 116 valence electrons. The molecule has 0 aliphatic heterocycles. The van der Waals surface area contributed by atoms with Gasteiger partial charge in [0.15, 0.2) is 6.79 Å². The van der Waals surface area contributed by atoms with Crippen LogP contribution in [0, 0.1) is 5.92 Å². The van der Waals surface area contributed by atoms with Crippen molar-refractivity contribution in [1.82, 2.24) is 5.32 Å². The van der Waals surface area contributed by atoms with Gasteiger partial charge in [0.2, 0.25) is 6.41 Å². The number of hydrogen-bond acceptors (Lipinski definition) is 7. The highest BCUT2D eigenvalue weighted by Gasteiger charge is 2.03. The van der Waals surface area contributed by atoms with Gasteiger partial charge in [0.05, 0.1) is 19.3 Å². The van der Waals surface area contributed by atoms with E-state index in [4.69, 9.17) is 24.0 Å². The smallest absolute Gasteiger partial charge is 0.213 e. The molecular formula is C12H27NO6. The van der Waals surface area contributed by atoms with Crippen LogP contribution < -0.4 is 5.32 Å². The quantitative estimate of drug-likeness (QED) is 0.224. The predicted octanol–water partition coefficient (Wildman–Crippen LogP) is 0.829. The minimum Gasteiger partial charge on any atom is -0.356 e. The highest BCUT2D eigenvalue weighted by molar-refractivity contribution is 4.44. The van der Waals surface area contributed by atoms with Crippen LogP contribution in [0.1, 0.15) is 27.7 Å². The molecule has 0 aliphatic rings. The maximum Gasteiger partial charge on any atom is 0.213 e. The van der Waals surface area contributed by atoms with E-state index < -0.39 is 6.41 Å². The SMILES string of the molecule is CC(C)COC(O)NCCOOCOCOC(C)C. The summed E-state index contributed by atoms with van der Waals surface area (Å²) in [4.78, 5) is 9.54. The van der Waals surface area contributed by atoms with E-state index in [1.807, 2.05) is 27.7 Å². The van der Waals surface area contributed by atoms with Gasteiger partial charge in [0, 0.05) is 6.54 Å². The van der Waals surface area contributed by atoms with Gasteiger partial charge in [-0.05, 0) is 19.8 Å². The molecule has 0 rings (SSSR count). The molecule has 19 heavy (non-hydrogen) atoms. The average Bonchev–Trinajstić information content (AvgIpc) is 2.34. The molecule has 0 aromatic carbocycles. The van der Waals surface area contributed by atoms with Crippen LogP contribution in [0.5, 0.6) is 0 Å². The van der Waals surface area contributed by atoms with Crippen LogP contribution in [0.25, 0.3) is 0 Å². The second-order valence-corrected chi connectivity index (χ2v) is 4.63. The zero-order valence-corrected chi connectivity index (χ0v) is 12.3. The Morgan fingerprint density at radius 1 is 1.00 bits per heavy atom. The molecule has 2 N–H and O–H groups in total. The van der Waals surface area contributed by atoms with Gasteiger partial charge in [-0.25, -0.2) is 9.78 Å². The molecule has 0 aromatic heterocycles. The number of nitrogens with one attached hydrogen (secondary N) is 1. The summed E-state index contributed by atoms with van der Waals surface area (Å²) in [5.74, 6) is 0.376. The molecule has 7 nitrogen and oxygen atoms in total. The summed E-state index contributed by atoms with van der Waals surface area (Å²) in [6.07, 6.45) is -0.862. The molecule has 0 radical (unpaired) electrons. The second-order valence-electron chi connectivity index (χ2n) is 4.63. The molecule has 0 amide bonds. The highest BCUT2D eigenvalue weighted by Crippen LogP contribution is 1.94. The molecule has 0 aromatic rings. The van der Waals surface area contributed by atoms with E-state index in [0.717, 1.165) is 0 Å². The number of ether oxygens (including phenoxy) is 3. The van der Waals surface area contributed by atoms with Gasteiger partial charge >= 0.3 is 0 Å². The lowest BCUT2D eigenvalue weighted by atomic mass is 10.2. The fourth-order valence-electron chi connectivity index (χ4n) is 0.912. The van der Waals surface area contributed by atoms with Crippen molar-refractivity contribution < 1.29 is 29.1 Å². The van der Waals surface area contributed by atoms with Crippen LogP contribution in [0.2, 0.25) is 0 Å². The van der Waals surface area contributed by atoms with Crippen LogP contribution in [0.15, 0.2) is 0 Å². The minimum atomic E-state index is -0.985. The summed E-state index contributed by atoms with van der Waals surface area (Å²) in [5, 5.41) is 12.1. The van der Waals surface area contributed by atoms with Crippen molar-refractivity contribution in [3.8, 4) is 0 Å². The zero-order valence-electron chi connectivity index (χ0n) is 12.3. The molecule has 0 spiro atoms. The van der Waals surface area contributed by atoms with Crippen molar-refractivity contribution in [2.75, 3.05) is 33.3 Å². The first kappa shape index (κ1) is 18.7. The fraction of sp³-hybridized carbons (Fsp3) is 1.00. The fourth-order valence-corrected chi connectivity index (χ4v) is 0.912. The van der Waals surface area contributed by atoms with Crippen molar-refractivity contribution in [3.05, 3.63) is 0 Å². The van der Waals surface area contributed by atoms with Crippen molar-refractivity contribution in [2.45, 2.75) is 40.2 Å². The van der Waals surface area contributed by atoms with Gasteiger partial charge in [-0.2, -0.15) is 0 Å². The van der Waals surface area contributed by atoms with E-state index in [0.29, 0.717) is 19.1 Å². The van der Waals surface area contributed by atoms with Crippen molar-refractivity contribution in [3.63, 3.8) is 0 Å². The van der Waals surface area contributed by atoms with E-state index in [1.54, 1.807) is 0 Å². The Morgan fingerprint density at radius 3 is 2.37 bits per heavy atom.